The number of amides is 1. The van der Waals surface area contributed by atoms with Crippen molar-refractivity contribution >= 4 is 11.9 Å². The zero-order valence-electron chi connectivity index (χ0n) is 16.2. The molecule has 1 N–H and O–H groups in total. The van der Waals surface area contributed by atoms with Gasteiger partial charge in [-0.15, -0.1) is 0 Å². The van der Waals surface area contributed by atoms with Crippen molar-refractivity contribution in [2.45, 2.75) is 39.7 Å². The van der Waals surface area contributed by atoms with Crippen LogP contribution in [0.3, 0.4) is 0 Å². The maximum atomic E-state index is 12.6. The molecule has 1 amide bonds. The molecule has 1 atom stereocenters. The highest BCUT2D eigenvalue weighted by atomic mass is 19.3. The van der Waals surface area contributed by atoms with E-state index in [4.69, 9.17) is 4.74 Å². The smallest absolute Gasteiger partial charge is 0.387 e. The Balaban J connectivity index is 2.05. The van der Waals surface area contributed by atoms with E-state index in [1.807, 2.05) is 13.8 Å². The van der Waals surface area contributed by atoms with Crippen molar-refractivity contribution in [2.75, 3.05) is 26.3 Å². The van der Waals surface area contributed by atoms with Crippen LogP contribution in [-0.4, -0.2) is 54.8 Å². The van der Waals surface area contributed by atoms with E-state index in [9.17, 15) is 23.5 Å². The summed E-state index contributed by atoms with van der Waals surface area (Å²) in [5, 5.41) is 9.60. The predicted octanol–water partition coefficient (Wildman–Crippen LogP) is 3.20. The minimum Gasteiger partial charge on any atom is -0.481 e. The molecular formula is C20H27F2NO5. The number of alkyl halides is 2. The van der Waals surface area contributed by atoms with Gasteiger partial charge in [0, 0.05) is 19.5 Å². The van der Waals surface area contributed by atoms with E-state index >= 15 is 0 Å². The highest BCUT2D eigenvalue weighted by Gasteiger charge is 2.32. The standard InChI is InChI=1S/C20H27F2NO5/c1-20(2,12-14-5-3-4-6-16(14)28-19(21)22)13-15(18(25)26)11-17(24)23-7-9-27-10-8-23/h3-6,15,19H,7-13H2,1-2H3,(H,25,26)/t15-/m0/s1. The molecule has 0 unspecified atom stereocenters. The number of aliphatic carboxylic acids is 1. The third-order valence-corrected chi connectivity index (χ3v) is 4.79. The van der Waals surface area contributed by atoms with E-state index in [0.717, 1.165) is 0 Å². The lowest BCUT2D eigenvalue weighted by molar-refractivity contribution is -0.148. The molecule has 0 spiro atoms. The minimum atomic E-state index is -2.93. The second-order valence-electron chi connectivity index (χ2n) is 7.76. The number of benzene rings is 1. The second-order valence-corrected chi connectivity index (χ2v) is 7.76. The largest absolute Gasteiger partial charge is 0.481 e. The molecule has 1 aliphatic rings. The molecule has 156 valence electrons. The Kier molecular flexibility index (Phi) is 7.74. The first-order chi connectivity index (χ1) is 13.2. The molecule has 0 saturated carbocycles. The summed E-state index contributed by atoms with van der Waals surface area (Å²) in [7, 11) is 0. The Morgan fingerprint density at radius 3 is 2.50 bits per heavy atom. The van der Waals surface area contributed by atoms with Gasteiger partial charge in [-0.25, -0.2) is 0 Å². The van der Waals surface area contributed by atoms with Crippen molar-refractivity contribution in [1.29, 1.82) is 0 Å². The zero-order valence-corrected chi connectivity index (χ0v) is 16.2. The molecule has 1 fully saturated rings. The summed E-state index contributed by atoms with van der Waals surface area (Å²) >= 11 is 0. The van der Waals surface area contributed by atoms with E-state index in [1.165, 1.54) is 6.07 Å². The Morgan fingerprint density at radius 1 is 1.25 bits per heavy atom. The Morgan fingerprint density at radius 2 is 1.89 bits per heavy atom. The predicted molar refractivity (Wildman–Crippen MR) is 98.3 cm³/mol. The van der Waals surface area contributed by atoms with Crippen molar-refractivity contribution < 1.29 is 33.0 Å². The van der Waals surface area contributed by atoms with Gasteiger partial charge in [-0.3, -0.25) is 9.59 Å². The Labute approximate surface area is 163 Å². The summed E-state index contributed by atoms with van der Waals surface area (Å²) in [4.78, 5) is 25.8. The van der Waals surface area contributed by atoms with Crippen molar-refractivity contribution in [3.05, 3.63) is 29.8 Å². The molecule has 0 bridgehead atoms. The highest BCUT2D eigenvalue weighted by Crippen LogP contribution is 2.35. The number of para-hydroxylation sites is 1. The molecule has 28 heavy (non-hydrogen) atoms. The number of halogens is 2. The van der Waals surface area contributed by atoms with Crippen molar-refractivity contribution in [3.8, 4) is 5.75 Å². The Bertz CT molecular complexity index is 674. The number of carboxylic acid groups (broad SMARTS) is 1. The van der Waals surface area contributed by atoms with Gasteiger partial charge in [-0.1, -0.05) is 32.0 Å². The highest BCUT2D eigenvalue weighted by molar-refractivity contribution is 5.82. The summed E-state index contributed by atoms with van der Waals surface area (Å²) in [5.74, 6) is -2.00. The summed E-state index contributed by atoms with van der Waals surface area (Å²) < 4.78 is 35.0. The van der Waals surface area contributed by atoms with Crippen molar-refractivity contribution in [1.82, 2.24) is 4.90 Å². The first-order valence-electron chi connectivity index (χ1n) is 9.29. The third-order valence-electron chi connectivity index (χ3n) is 4.79. The van der Waals surface area contributed by atoms with Crippen LogP contribution in [0.25, 0.3) is 0 Å². The number of carbonyl (C=O) groups is 2. The maximum Gasteiger partial charge on any atom is 0.387 e. The molecular weight excluding hydrogens is 372 g/mol. The SMILES string of the molecule is CC(C)(Cc1ccccc1OC(F)F)C[C@H](CC(=O)N1CCOCC1)C(=O)O. The molecule has 8 heteroatoms. The van der Waals surface area contributed by atoms with Gasteiger partial charge in [0.2, 0.25) is 5.91 Å². The summed E-state index contributed by atoms with van der Waals surface area (Å²) in [6, 6.07) is 6.48. The zero-order chi connectivity index (χ0) is 20.7. The lowest BCUT2D eigenvalue weighted by Crippen LogP contribution is -2.42. The molecule has 1 aliphatic heterocycles. The fourth-order valence-electron chi connectivity index (χ4n) is 3.52. The van der Waals surface area contributed by atoms with Crippen LogP contribution in [0.1, 0.15) is 32.3 Å². The van der Waals surface area contributed by atoms with Gasteiger partial charge >= 0.3 is 12.6 Å². The van der Waals surface area contributed by atoms with Crippen LogP contribution >= 0.6 is 0 Å². The van der Waals surface area contributed by atoms with E-state index in [2.05, 4.69) is 4.74 Å². The van der Waals surface area contributed by atoms with E-state index in [1.54, 1.807) is 23.1 Å². The van der Waals surface area contributed by atoms with Crippen LogP contribution in [-0.2, 0) is 20.7 Å². The van der Waals surface area contributed by atoms with Crippen LogP contribution < -0.4 is 4.74 Å². The van der Waals surface area contributed by atoms with Gasteiger partial charge in [0.25, 0.3) is 0 Å². The van der Waals surface area contributed by atoms with Crippen LogP contribution in [0.15, 0.2) is 24.3 Å². The maximum absolute atomic E-state index is 12.6. The van der Waals surface area contributed by atoms with Crippen LogP contribution in [0.5, 0.6) is 5.75 Å². The number of carboxylic acids is 1. The number of hydrogen-bond donors (Lipinski definition) is 1. The number of carbonyl (C=O) groups excluding carboxylic acids is 1. The monoisotopic (exact) mass is 399 g/mol. The normalized spacial score (nSPS) is 16.1. The average Bonchev–Trinajstić information content (AvgIpc) is 2.62. The molecule has 6 nitrogen and oxygen atoms in total. The minimum absolute atomic E-state index is 0.0850. The van der Waals surface area contributed by atoms with Crippen LogP contribution in [0, 0.1) is 11.3 Å². The first kappa shape index (κ1) is 22.1. The van der Waals surface area contributed by atoms with Gasteiger partial charge in [0.05, 0.1) is 19.1 Å². The number of morpholine rings is 1. The molecule has 0 aromatic heterocycles. The van der Waals surface area contributed by atoms with Gasteiger partial charge in [-0.05, 0) is 29.9 Å². The third kappa shape index (κ3) is 6.74. The van der Waals surface area contributed by atoms with Crippen molar-refractivity contribution in [3.63, 3.8) is 0 Å². The number of hydrogen-bond acceptors (Lipinski definition) is 4. The number of nitrogens with zero attached hydrogens (tertiary/aromatic N) is 1. The molecule has 2 rings (SSSR count). The second kappa shape index (κ2) is 9.82. The molecule has 1 heterocycles. The van der Waals surface area contributed by atoms with Gasteiger partial charge in [-0.2, -0.15) is 8.78 Å². The summed E-state index contributed by atoms with van der Waals surface area (Å²) in [6.45, 7) is 2.64. The van der Waals surface area contributed by atoms with E-state index in [0.29, 0.717) is 38.3 Å². The first-order valence-corrected chi connectivity index (χ1v) is 9.29. The molecule has 1 aromatic rings. The van der Waals surface area contributed by atoms with Crippen LogP contribution in [0.2, 0.25) is 0 Å². The van der Waals surface area contributed by atoms with Crippen LogP contribution in [0.4, 0.5) is 8.78 Å². The quantitative estimate of drug-likeness (QED) is 0.690. The average molecular weight is 399 g/mol. The van der Waals surface area contributed by atoms with E-state index in [-0.39, 0.29) is 24.5 Å². The topological polar surface area (TPSA) is 76.1 Å². The van der Waals surface area contributed by atoms with Gasteiger partial charge in [0.1, 0.15) is 5.75 Å². The van der Waals surface area contributed by atoms with E-state index < -0.39 is 23.9 Å². The summed E-state index contributed by atoms with van der Waals surface area (Å²) in [6.07, 6.45) is 0.501. The molecule has 0 radical (unpaired) electrons. The number of ether oxygens (including phenoxy) is 2. The molecule has 1 saturated heterocycles. The lowest BCUT2D eigenvalue weighted by Gasteiger charge is -2.31. The van der Waals surface area contributed by atoms with Gasteiger partial charge < -0.3 is 19.5 Å². The fraction of sp³-hybridized carbons (Fsp3) is 0.600. The fourth-order valence-corrected chi connectivity index (χ4v) is 3.52. The molecule has 1 aromatic carbocycles. The lowest BCUT2D eigenvalue weighted by atomic mass is 9.77. The number of rotatable bonds is 9. The Hall–Kier alpha value is -2.22. The summed E-state index contributed by atoms with van der Waals surface area (Å²) in [5.41, 5.74) is 0.0482. The van der Waals surface area contributed by atoms with Gasteiger partial charge in [0.15, 0.2) is 0 Å². The van der Waals surface area contributed by atoms with Crippen molar-refractivity contribution in [2.24, 2.45) is 11.3 Å². The molecule has 0 aliphatic carbocycles.